The van der Waals surface area contributed by atoms with Crippen molar-refractivity contribution in [2.24, 2.45) is 0 Å². The Morgan fingerprint density at radius 1 is 0.846 bits per heavy atom. The van der Waals surface area contributed by atoms with E-state index in [-0.39, 0.29) is 0 Å². The standard InChI is InChI=1S/C6H5.3C2H5.Sn/c1-2-4-6-5-3-1;3*1-2;/h1-5H;3*1H2,2H3;. The average Bonchev–Trinajstić information content (AvgIpc) is 2.23. The Morgan fingerprint density at radius 2 is 1.31 bits per heavy atom. The molecule has 0 radical (unpaired) electrons. The van der Waals surface area contributed by atoms with Crippen molar-refractivity contribution in [1.29, 1.82) is 0 Å². The zero-order valence-corrected chi connectivity index (χ0v) is 11.9. The van der Waals surface area contributed by atoms with E-state index in [4.69, 9.17) is 0 Å². The topological polar surface area (TPSA) is 0 Å². The van der Waals surface area contributed by atoms with Crippen LogP contribution >= 0.6 is 0 Å². The summed E-state index contributed by atoms with van der Waals surface area (Å²) in [5.74, 6) is 0. The molecule has 0 aliphatic heterocycles. The minimum atomic E-state index is -1.87. The summed E-state index contributed by atoms with van der Waals surface area (Å²) in [7, 11) is 0. The second-order valence-electron chi connectivity index (χ2n) is 3.71. The Hall–Kier alpha value is 0.0187. The molecule has 0 spiro atoms. The van der Waals surface area contributed by atoms with Crippen molar-refractivity contribution < 1.29 is 0 Å². The predicted molar refractivity (Wildman–Crippen MR) is 63.3 cm³/mol. The Labute approximate surface area is 86.2 Å². The molecule has 1 aromatic rings. The van der Waals surface area contributed by atoms with E-state index in [1.165, 1.54) is 13.3 Å². The minimum absolute atomic E-state index is 1.45. The molecule has 72 valence electrons. The molecule has 0 saturated heterocycles. The van der Waals surface area contributed by atoms with E-state index in [9.17, 15) is 0 Å². The average molecular weight is 283 g/mol. The molecule has 1 heteroatoms. The van der Waals surface area contributed by atoms with Gasteiger partial charge in [-0.05, 0) is 0 Å². The quantitative estimate of drug-likeness (QED) is 0.743. The fourth-order valence-corrected chi connectivity index (χ4v) is 12.5. The zero-order valence-electron chi connectivity index (χ0n) is 9.01. The summed E-state index contributed by atoms with van der Waals surface area (Å²) in [4.78, 5) is 0. The van der Waals surface area contributed by atoms with Crippen LogP contribution in [0.25, 0.3) is 0 Å². The van der Waals surface area contributed by atoms with Gasteiger partial charge in [-0.15, -0.1) is 0 Å². The summed E-state index contributed by atoms with van der Waals surface area (Å²) in [6.07, 6.45) is 0. The molecule has 0 N–H and O–H groups in total. The van der Waals surface area contributed by atoms with E-state index < -0.39 is 18.4 Å². The molecule has 0 amide bonds. The number of hydrogen-bond acceptors (Lipinski definition) is 0. The van der Waals surface area contributed by atoms with Gasteiger partial charge in [0.2, 0.25) is 0 Å². The molecule has 0 nitrogen and oxygen atoms in total. The zero-order chi connectivity index (χ0) is 9.73. The van der Waals surface area contributed by atoms with Crippen molar-refractivity contribution in [3.8, 4) is 0 Å². The maximum absolute atomic E-state index is 2.38. The van der Waals surface area contributed by atoms with Crippen LogP contribution in [0.3, 0.4) is 0 Å². The van der Waals surface area contributed by atoms with Crippen LogP contribution in [0.1, 0.15) is 20.8 Å². The Kier molecular flexibility index (Phi) is 4.30. The first-order chi connectivity index (χ1) is 6.29. The SMILES string of the molecule is C[CH2][Sn]([CH2]C)([CH2]C)[c]1ccccc1. The molecule has 0 fully saturated rings. The van der Waals surface area contributed by atoms with Crippen molar-refractivity contribution in [3.05, 3.63) is 30.3 Å². The molecule has 0 heterocycles. The summed E-state index contributed by atoms with van der Waals surface area (Å²) in [6, 6.07) is 11.2. The van der Waals surface area contributed by atoms with Crippen LogP contribution in [-0.2, 0) is 0 Å². The van der Waals surface area contributed by atoms with Gasteiger partial charge in [0.05, 0.1) is 0 Å². The van der Waals surface area contributed by atoms with Crippen LogP contribution < -0.4 is 3.58 Å². The maximum atomic E-state index is 2.38. The van der Waals surface area contributed by atoms with Gasteiger partial charge in [-0.1, -0.05) is 0 Å². The number of hydrogen-bond donors (Lipinski definition) is 0. The van der Waals surface area contributed by atoms with Crippen molar-refractivity contribution in [2.45, 2.75) is 34.1 Å². The van der Waals surface area contributed by atoms with E-state index in [1.807, 2.05) is 0 Å². The van der Waals surface area contributed by atoms with Crippen LogP contribution in [0, 0.1) is 0 Å². The molecule has 1 aromatic carbocycles. The Bertz CT molecular complexity index is 228. The molecule has 13 heavy (non-hydrogen) atoms. The number of rotatable bonds is 4. The fraction of sp³-hybridized carbons (Fsp3) is 0.500. The molecule has 0 aromatic heterocycles. The van der Waals surface area contributed by atoms with Gasteiger partial charge in [0.1, 0.15) is 0 Å². The van der Waals surface area contributed by atoms with Crippen molar-refractivity contribution in [1.82, 2.24) is 0 Å². The third-order valence-electron chi connectivity index (χ3n) is 3.42. The van der Waals surface area contributed by atoms with Gasteiger partial charge in [0.15, 0.2) is 0 Å². The van der Waals surface area contributed by atoms with E-state index in [0.717, 1.165) is 0 Å². The second-order valence-corrected chi connectivity index (χ2v) is 18.7. The first-order valence-electron chi connectivity index (χ1n) is 5.34. The van der Waals surface area contributed by atoms with Crippen LogP contribution in [-0.4, -0.2) is 18.4 Å². The van der Waals surface area contributed by atoms with E-state index in [0.29, 0.717) is 0 Å². The molecule has 0 aliphatic carbocycles. The molecular formula is C12H20Sn. The summed E-state index contributed by atoms with van der Waals surface area (Å²) < 4.78 is 6.06. The second kappa shape index (κ2) is 5.04. The van der Waals surface area contributed by atoms with Gasteiger partial charge in [-0.3, -0.25) is 0 Å². The first kappa shape index (κ1) is 11.1. The Balaban J connectivity index is 3.01. The normalized spacial score (nSPS) is 11.6. The molecule has 0 aliphatic rings. The van der Waals surface area contributed by atoms with Gasteiger partial charge in [-0.2, -0.15) is 0 Å². The summed E-state index contributed by atoms with van der Waals surface area (Å²) >= 11 is -1.87. The molecule has 0 saturated carbocycles. The molecule has 0 unspecified atom stereocenters. The molecule has 0 atom stereocenters. The van der Waals surface area contributed by atoms with Crippen molar-refractivity contribution in [2.75, 3.05) is 0 Å². The van der Waals surface area contributed by atoms with Gasteiger partial charge in [0.25, 0.3) is 0 Å². The van der Waals surface area contributed by atoms with Gasteiger partial charge in [0, 0.05) is 0 Å². The number of benzene rings is 1. The van der Waals surface area contributed by atoms with Crippen molar-refractivity contribution >= 4 is 22.0 Å². The van der Waals surface area contributed by atoms with Crippen LogP contribution in [0.2, 0.25) is 13.3 Å². The molecule has 1 rings (SSSR count). The predicted octanol–water partition coefficient (Wildman–Crippen LogP) is 3.40. The Morgan fingerprint density at radius 3 is 1.69 bits per heavy atom. The fourth-order valence-electron chi connectivity index (χ4n) is 2.15. The summed E-state index contributed by atoms with van der Waals surface area (Å²) in [6.45, 7) is 7.15. The molecular weight excluding hydrogens is 263 g/mol. The van der Waals surface area contributed by atoms with E-state index in [2.05, 4.69) is 51.1 Å². The van der Waals surface area contributed by atoms with E-state index >= 15 is 0 Å². The van der Waals surface area contributed by atoms with E-state index in [1.54, 1.807) is 3.58 Å². The van der Waals surface area contributed by atoms with Crippen molar-refractivity contribution in [3.63, 3.8) is 0 Å². The third kappa shape index (κ3) is 2.28. The monoisotopic (exact) mass is 284 g/mol. The van der Waals surface area contributed by atoms with Crippen LogP contribution in [0.4, 0.5) is 0 Å². The summed E-state index contributed by atoms with van der Waals surface area (Å²) in [5.41, 5.74) is 0. The summed E-state index contributed by atoms with van der Waals surface area (Å²) in [5, 5.41) is 0. The van der Waals surface area contributed by atoms with Gasteiger partial charge >= 0.3 is 86.4 Å². The van der Waals surface area contributed by atoms with Crippen LogP contribution in [0.5, 0.6) is 0 Å². The first-order valence-corrected chi connectivity index (χ1v) is 12.8. The third-order valence-corrected chi connectivity index (χ3v) is 19.5. The van der Waals surface area contributed by atoms with Crippen LogP contribution in [0.15, 0.2) is 30.3 Å². The van der Waals surface area contributed by atoms with Gasteiger partial charge in [-0.25, -0.2) is 0 Å². The van der Waals surface area contributed by atoms with Gasteiger partial charge < -0.3 is 0 Å². The molecule has 0 bridgehead atoms.